The van der Waals surface area contributed by atoms with Gasteiger partial charge in [-0.15, -0.1) is 0 Å². The number of nitrogens with one attached hydrogen (secondary N) is 1. The normalized spacial score (nSPS) is 10.8. The van der Waals surface area contributed by atoms with Crippen LogP contribution in [0.1, 0.15) is 5.56 Å². The number of fused-ring (bicyclic) bond motifs is 1. The Morgan fingerprint density at radius 2 is 1.79 bits per heavy atom. The van der Waals surface area contributed by atoms with Crippen LogP contribution in [0.2, 0.25) is 0 Å². The molecular formula is C22H18IN3O2. The molecule has 0 radical (unpaired) electrons. The Kier molecular flexibility index (Phi) is 5.29. The fraction of sp³-hybridized carbons (Fsp3) is 0.0909. The molecule has 0 spiro atoms. The minimum Gasteiger partial charge on any atom is -0.497 e. The van der Waals surface area contributed by atoms with Crippen LogP contribution in [0, 0.1) is 3.57 Å². The van der Waals surface area contributed by atoms with E-state index in [2.05, 4.69) is 27.9 Å². The van der Waals surface area contributed by atoms with Gasteiger partial charge in [0.2, 0.25) is 5.95 Å². The second-order valence-corrected chi connectivity index (χ2v) is 7.52. The predicted octanol–water partition coefficient (Wildman–Crippen LogP) is 4.61. The zero-order chi connectivity index (χ0) is 19.5. The molecule has 0 aliphatic carbocycles. The smallest absolute Gasteiger partial charge is 0.267 e. The zero-order valence-corrected chi connectivity index (χ0v) is 17.4. The third-order valence-electron chi connectivity index (χ3n) is 4.45. The third kappa shape index (κ3) is 3.73. The van der Waals surface area contributed by atoms with E-state index in [0.717, 1.165) is 20.6 Å². The number of benzene rings is 3. The minimum absolute atomic E-state index is 0.0908. The number of aromatic nitrogens is 2. The molecule has 0 aliphatic heterocycles. The van der Waals surface area contributed by atoms with Crippen molar-refractivity contribution in [3.63, 3.8) is 0 Å². The third-order valence-corrected chi connectivity index (χ3v) is 5.13. The van der Waals surface area contributed by atoms with E-state index in [0.29, 0.717) is 23.4 Å². The van der Waals surface area contributed by atoms with Crippen molar-refractivity contribution in [2.75, 3.05) is 12.4 Å². The number of para-hydroxylation sites is 1. The van der Waals surface area contributed by atoms with E-state index < -0.39 is 0 Å². The first-order valence-electron chi connectivity index (χ1n) is 8.80. The molecule has 0 saturated heterocycles. The lowest BCUT2D eigenvalue weighted by molar-refractivity contribution is 0.414. The number of ether oxygens (including phenoxy) is 1. The largest absolute Gasteiger partial charge is 0.497 e. The Morgan fingerprint density at radius 1 is 1.04 bits per heavy atom. The molecule has 4 aromatic rings. The molecule has 5 nitrogen and oxygen atoms in total. The second-order valence-electron chi connectivity index (χ2n) is 6.27. The molecule has 0 saturated carbocycles. The standard InChI is InChI=1S/C22H18IN3O2/c1-28-18-10-7-15(8-11-18)14-24-22-25-20-12-9-16(23)13-19(20)21(27)26(22)17-5-3-2-4-6-17/h2-13H,14H2,1H3,(H,24,25). The Balaban J connectivity index is 1.79. The van der Waals surface area contributed by atoms with Gasteiger partial charge < -0.3 is 10.1 Å². The Morgan fingerprint density at radius 3 is 2.50 bits per heavy atom. The molecule has 0 atom stereocenters. The number of methoxy groups -OCH3 is 1. The van der Waals surface area contributed by atoms with Crippen molar-refractivity contribution >= 4 is 39.4 Å². The van der Waals surface area contributed by atoms with Gasteiger partial charge in [-0.3, -0.25) is 4.79 Å². The van der Waals surface area contributed by atoms with Crippen molar-refractivity contribution in [2.24, 2.45) is 0 Å². The summed E-state index contributed by atoms with van der Waals surface area (Å²) in [5, 5.41) is 3.92. The summed E-state index contributed by atoms with van der Waals surface area (Å²) in [4.78, 5) is 18.0. The lowest BCUT2D eigenvalue weighted by atomic mass is 10.2. The van der Waals surface area contributed by atoms with Crippen LogP contribution in [-0.2, 0) is 6.54 Å². The zero-order valence-electron chi connectivity index (χ0n) is 15.2. The van der Waals surface area contributed by atoms with Gasteiger partial charge in [0.05, 0.1) is 23.7 Å². The van der Waals surface area contributed by atoms with Gasteiger partial charge in [0.25, 0.3) is 5.56 Å². The van der Waals surface area contributed by atoms with E-state index in [1.807, 2.05) is 72.8 Å². The van der Waals surface area contributed by atoms with E-state index in [9.17, 15) is 4.79 Å². The molecule has 140 valence electrons. The van der Waals surface area contributed by atoms with Crippen LogP contribution in [0.25, 0.3) is 16.6 Å². The van der Waals surface area contributed by atoms with Crippen LogP contribution in [-0.4, -0.2) is 16.7 Å². The van der Waals surface area contributed by atoms with E-state index in [-0.39, 0.29) is 5.56 Å². The number of hydrogen-bond donors (Lipinski definition) is 1. The van der Waals surface area contributed by atoms with Gasteiger partial charge >= 0.3 is 0 Å². The van der Waals surface area contributed by atoms with E-state index >= 15 is 0 Å². The molecule has 0 fully saturated rings. The first-order chi connectivity index (χ1) is 13.7. The number of halogens is 1. The summed E-state index contributed by atoms with van der Waals surface area (Å²) in [6.07, 6.45) is 0. The van der Waals surface area contributed by atoms with Crippen molar-refractivity contribution in [1.82, 2.24) is 9.55 Å². The molecule has 1 N–H and O–H groups in total. The molecule has 0 aliphatic rings. The maximum atomic E-state index is 13.3. The summed E-state index contributed by atoms with van der Waals surface area (Å²) < 4.78 is 7.83. The first kappa shape index (κ1) is 18.5. The van der Waals surface area contributed by atoms with Gasteiger partial charge in [-0.2, -0.15) is 0 Å². The van der Waals surface area contributed by atoms with Crippen LogP contribution >= 0.6 is 22.6 Å². The van der Waals surface area contributed by atoms with Gasteiger partial charge in [-0.25, -0.2) is 9.55 Å². The molecule has 0 bridgehead atoms. The summed E-state index contributed by atoms with van der Waals surface area (Å²) in [5.41, 5.74) is 2.43. The molecule has 3 aromatic carbocycles. The molecule has 1 aromatic heterocycles. The Labute approximate surface area is 176 Å². The lowest BCUT2D eigenvalue weighted by Gasteiger charge is -2.15. The van der Waals surface area contributed by atoms with E-state index in [1.165, 1.54) is 0 Å². The predicted molar refractivity (Wildman–Crippen MR) is 120 cm³/mol. The Bertz CT molecular complexity index is 1170. The average molecular weight is 483 g/mol. The number of rotatable bonds is 5. The highest BCUT2D eigenvalue weighted by atomic mass is 127. The van der Waals surface area contributed by atoms with Gasteiger partial charge in [-0.1, -0.05) is 30.3 Å². The SMILES string of the molecule is COc1ccc(CNc2nc3ccc(I)cc3c(=O)n2-c2ccccc2)cc1. The van der Waals surface area contributed by atoms with Crippen LogP contribution in [0.5, 0.6) is 5.75 Å². The van der Waals surface area contributed by atoms with Gasteiger partial charge in [0.15, 0.2) is 0 Å². The topological polar surface area (TPSA) is 56.1 Å². The first-order valence-corrected chi connectivity index (χ1v) is 9.88. The summed E-state index contributed by atoms with van der Waals surface area (Å²) in [7, 11) is 1.64. The van der Waals surface area contributed by atoms with Crippen molar-refractivity contribution in [1.29, 1.82) is 0 Å². The van der Waals surface area contributed by atoms with Gasteiger partial charge in [0.1, 0.15) is 5.75 Å². The number of anilines is 1. The van der Waals surface area contributed by atoms with Gasteiger partial charge in [-0.05, 0) is 70.6 Å². The molecular weight excluding hydrogens is 465 g/mol. The summed E-state index contributed by atoms with van der Waals surface area (Å²) in [5.74, 6) is 1.32. The van der Waals surface area contributed by atoms with Crippen LogP contribution in [0.4, 0.5) is 5.95 Å². The second kappa shape index (κ2) is 8.02. The minimum atomic E-state index is -0.0908. The molecule has 4 rings (SSSR count). The molecule has 0 amide bonds. The van der Waals surface area contributed by atoms with Crippen molar-refractivity contribution < 1.29 is 4.74 Å². The highest BCUT2D eigenvalue weighted by Gasteiger charge is 2.13. The monoisotopic (exact) mass is 483 g/mol. The fourth-order valence-corrected chi connectivity index (χ4v) is 3.51. The van der Waals surface area contributed by atoms with Crippen molar-refractivity contribution in [3.8, 4) is 11.4 Å². The molecule has 0 unspecified atom stereocenters. The quantitative estimate of drug-likeness (QED) is 0.422. The van der Waals surface area contributed by atoms with E-state index in [4.69, 9.17) is 9.72 Å². The molecule has 1 heterocycles. The maximum Gasteiger partial charge on any atom is 0.267 e. The molecule has 6 heteroatoms. The average Bonchev–Trinajstić information content (AvgIpc) is 2.74. The number of hydrogen-bond acceptors (Lipinski definition) is 4. The highest BCUT2D eigenvalue weighted by molar-refractivity contribution is 14.1. The summed E-state index contributed by atoms with van der Waals surface area (Å²) >= 11 is 2.21. The van der Waals surface area contributed by atoms with Crippen LogP contribution in [0.15, 0.2) is 77.6 Å². The Hall–Kier alpha value is -2.87. The van der Waals surface area contributed by atoms with Crippen molar-refractivity contribution in [3.05, 3.63) is 92.3 Å². The summed E-state index contributed by atoms with van der Waals surface area (Å²) in [6.45, 7) is 0.541. The summed E-state index contributed by atoms with van der Waals surface area (Å²) in [6, 6.07) is 23.1. The van der Waals surface area contributed by atoms with Crippen LogP contribution < -0.4 is 15.6 Å². The van der Waals surface area contributed by atoms with E-state index in [1.54, 1.807) is 11.7 Å². The van der Waals surface area contributed by atoms with Crippen LogP contribution in [0.3, 0.4) is 0 Å². The maximum absolute atomic E-state index is 13.3. The highest BCUT2D eigenvalue weighted by Crippen LogP contribution is 2.19. The fourth-order valence-electron chi connectivity index (χ4n) is 3.02. The lowest BCUT2D eigenvalue weighted by Crippen LogP contribution is -2.23. The van der Waals surface area contributed by atoms with Crippen molar-refractivity contribution in [2.45, 2.75) is 6.54 Å². The number of nitrogens with zero attached hydrogens (tertiary/aromatic N) is 2. The van der Waals surface area contributed by atoms with Gasteiger partial charge in [0, 0.05) is 10.1 Å². The molecule has 28 heavy (non-hydrogen) atoms.